The SMILES string of the molecule is O=S(C1=C([C](=[W])N2CCCC2)OCC1)c1ccccc1.[C-]#[O+].[C-]#[O+].[C-]#[O+].[C-]#[O+].[C-]#[O+]. The van der Waals surface area contributed by atoms with Gasteiger partial charge in [0.1, 0.15) is 0 Å². The Morgan fingerprint density at radius 3 is 1.83 bits per heavy atom. The number of rotatable bonds is 4. The van der Waals surface area contributed by atoms with Crippen LogP contribution >= 0.6 is 0 Å². The molecule has 0 radical (unpaired) electrons. The van der Waals surface area contributed by atoms with Gasteiger partial charge in [0.25, 0.3) is 0 Å². The summed E-state index contributed by atoms with van der Waals surface area (Å²) in [6, 6.07) is 9.68. The van der Waals surface area contributed by atoms with Crippen molar-refractivity contribution in [3.8, 4) is 0 Å². The average molecular weight is 599 g/mol. The van der Waals surface area contributed by atoms with Crippen LogP contribution in [0.25, 0.3) is 0 Å². The third kappa shape index (κ3) is 10.8. The van der Waals surface area contributed by atoms with Crippen LogP contribution in [-0.4, -0.2) is 32.8 Å². The van der Waals surface area contributed by atoms with E-state index in [2.05, 4.69) is 38.2 Å². The summed E-state index contributed by atoms with van der Waals surface area (Å²) in [4.78, 5) is 4.22. The molecule has 1 unspecified atom stereocenters. The Bertz CT molecular complexity index is 741. The molecule has 1 saturated heterocycles. The molecule has 2 aliphatic rings. The van der Waals surface area contributed by atoms with Gasteiger partial charge in [0.05, 0.1) is 0 Å². The molecule has 1 atom stereocenters. The Balaban J connectivity index is -0.000000642. The van der Waals surface area contributed by atoms with Crippen LogP contribution in [0.4, 0.5) is 0 Å². The van der Waals surface area contributed by atoms with Gasteiger partial charge < -0.3 is 0 Å². The van der Waals surface area contributed by atoms with Gasteiger partial charge in [-0.2, -0.15) is 0 Å². The molecule has 10 heteroatoms. The fraction of sp³-hybridized carbons (Fsp3) is 0.300. The first-order valence-corrected chi connectivity index (χ1v) is 10.5. The Kier molecular flexibility index (Phi) is 25.6. The van der Waals surface area contributed by atoms with E-state index in [1.165, 1.54) is 36.2 Å². The molecular formula is C20H17NO7SW. The Labute approximate surface area is 189 Å². The summed E-state index contributed by atoms with van der Waals surface area (Å²) >= 11 is 1.40. The number of ether oxygens (including phenoxy) is 1. The molecule has 3 rings (SSSR count). The summed E-state index contributed by atoms with van der Waals surface area (Å²) in [7, 11) is -1.09. The van der Waals surface area contributed by atoms with Gasteiger partial charge in [-0.25, -0.2) is 0 Å². The summed E-state index contributed by atoms with van der Waals surface area (Å²) in [6.45, 7) is 25.4. The molecule has 1 aromatic carbocycles. The molecule has 2 aliphatic heterocycles. The van der Waals surface area contributed by atoms with Crippen LogP contribution in [-0.2, 0) is 58.2 Å². The zero-order chi connectivity index (χ0) is 23.9. The first-order chi connectivity index (χ1) is 14.8. The number of hydrogen-bond donors (Lipinski definition) is 0. The van der Waals surface area contributed by atoms with Gasteiger partial charge >= 0.3 is 189 Å². The van der Waals surface area contributed by atoms with Gasteiger partial charge in [-0.3, -0.25) is 0 Å². The van der Waals surface area contributed by atoms with Crippen molar-refractivity contribution in [1.29, 1.82) is 0 Å². The fourth-order valence-corrected chi connectivity index (χ4v) is 5.40. The zero-order valence-corrected chi connectivity index (χ0v) is 19.5. The molecule has 0 saturated carbocycles. The van der Waals surface area contributed by atoms with Crippen molar-refractivity contribution in [3.63, 3.8) is 0 Å². The van der Waals surface area contributed by atoms with Crippen molar-refractivity contribution in [3.05, 3.63) is 74.2 Å². The summed E-state index contributed by atoms with van der Waals surface area (Å²) in [5, 5.41) is 0. The Morgan fingerprint density at radius 2 is 1.37 bits per heavy atom. The number of likely N-dealkylation sites (tertiary alicyclic amines) is 1. The Morgan fingerprint density at radius 1 is 0.900 bits per heavy atom. The van der Waals surface area contributed by atoms with E-state index in [1.807, 2.05) is 30.3 Å². The summed E-state index contributed by atoms with van der Waals surface area (Å²) in [5.74, 6) is 0.907. The molecule has 0 aromatic heterocycles. The number of nitrogens with zero attached hydrogens (tertiary/aromatic N) is 1. The number of benzene rings is 1. The normalized spacial score (nSPS) is 14.3. The molecule has 0 spiro atoms. The van der Waals surface area contributed by atoms with Gasteiger partial charge in [-0.1, -0.05) is 0 Å². The van der Waals surface area contributed by atoms with Gasteiger partial charge in [-0.05, 0) is 0 Å². The molecule has 0 N–H and O–H groups in total. The van der Waals surface area contributed by atoms with Gasteiger partial charge in [-0.15, -0.1) is 0 Å². The van der Waals surface area contributed by atoms with E-state index in [-0.39, 0.29) is 0 Å². The molecule has 30 heavy (non-hydrogen) atoms. The topological polar surface area (TPSA) is 129 Å². The van der Waals surface area contributed by atoms with Crippen LogP contribution < -0.4 is 0 Å². The molecule has 1 aromatic rings. The standard InChI is InChI=1S/C15H17NO2S.5CO.W/c17-19(13-6-2-1-3-7-13)15-8-11-18-14(15)12-16-9-4-5-10-16;5*1-2;/h1-3,6-7H,4-5,8-11H2;;;;;;. The summed E-state index contributed by atoms with van der Waals surface area (Å²) in [6.07, 6.45) is 3.28. The fourth-order valence-electron chi connectivity index (χ4n) is 2.55. The van der Waals surface area contributed by atoms with Crippen molar-refractivity contribution in [2.75, 3.05) is 19.7 Å². The third-order valence-corrected chi connectivity index (χ3v) is 6.73. The van der Waals surface area contributed by atoms with Gasteiger partial charge in [0.2, 0.25) is 0 Å². The molecule has 0 aliphatic carbocycles. The molecule has 8 nitrogen and oxygen atoms in total. The predicted octanol–water partition coefficient (Wildman–Crippen LogP) is 2.01. The van der Waals surface area contributed by atoms with Crippen LogP contribution in [0, 0.1) is 33.3 Å². The maximum absolute atomic E-state index is 12.7. The average Bonchev–Trinajstić information content (AvgIpc) is 3.58. The minimum absolute atomic E-state index is 0.661. The van der Waals surface area contributed by atoms with Crippen LogP contribution in [0.2, 0.25) is 0 Å². The van der Waals surface area contributed by atoms with Gasteiger partial charge in [0.15, 0.2) is 0 Å². The van der Waals surface area contributed by atoms with E-state index in [0.717, 1.165) is 35.1 Å². The monoisotopic (exact) mass is 599 g/mol. The first kappa shape index (κ1) is 32.8. The molecular weight excluding hydrogens is 582 g/mol. The van der Waals surface area contributed by atoms with Crippen LogP contribution in [0.3, 0.4) is 0 Å². The predicted molar refractivity (Wildman–Crippen MR) is 95.9 cm³/mol. The van der Waals surface area contributed by atoms with Crippen molar-refractivity contribution in [1.82, 2.24) is 4.90 Å². The van der Waals surface area contributed by atoms with Crippen LogP contribution in [0.15, 0.2) is 45.9 Å². The zero-order valence-electron chi connectivity index (χ0n) is 15.8. The van der Waals surface area contributed by atoms with Crippen molar-refractivity contribution in [2.24, 2.45) is 0 Å². The molecule has 0 amide bonds. The second-order valence-electron chi connectivity index (χ2n) is 4.93. The molecule has 156 valence electrons. The van der Waals surface area contributed by atoms with E-state index in [1.54, 1.807) is 0 Å². The van der Waals surface area contributed by atoms with Gasteiger partial charge in [0, 0.05) is 0 Å². The first-order valence-electron chi connectivity index (χ1n) is 7.91. The van der Waals surface area contributed by atoms with E-state index in [0.29, 0.717) is 6.61 Å². The van der Waals surface area contributed by atoms with Crippen LogP contribution in [0.5, 0.6) is 0 Å². The maximum atomic E-state index is 12.7. The molecule has 2 heterocycles. The van der Waals surface area contributed by atoms with Crippen LogP contribution in [0.1, 0.15) is 19.3 Å². The third-order valence-electron chi connectivity index (χ3n) is 3.60. The quantitative estimate of drug-likeness (QED) is 0.388. The second-order valence-corrected chi connectivity index (χ2v) is 7.82. The minimum atomic E-state index is -1.09. The summed E-state index contributed by atoms with van der Waals surface area (Å²) in [5.41, 5.74) is 0. The van der Waals surface area contributed by atoms with E-state index in [4.69, 9.17) is 28.0 Å². The summed E-state index contributed by atoms with van der Waals surface area (Å²) < 4.78 is 57.3. The van der Waals surface area contributed by atoms with Crippen molar-refractivity contribution < 1.29 is 51.6 Å². The van der Waals surface area contributed by atoms with E-state index >= 15 is 0 Å². The number of hydrogen-bond acceptors (Lipinski definition) is 3. The van der Waals surface area contributed by atoms with Crippen molar-refractivity contribution >= 4 is 14.8 Å². The second kappa shape index (κ2) is 23.4. The molecule has 0 bridgehead atoms. The Hall–Kier alpha value is -1.87. The van der Waals surface area contributed by atoms with Crippen molar-refractivity contribution in [2.45, 2.75) is 24.2 Å². The van der Waals surface area contributed by atoms with E-state index < -0.39 is 10.8 Å². The molecule has 1 fully saturated rings. The van der Waals surface area contributed by atoms with E-state index in [9.17, 15) is 4.21 Å².